The standard InChI is InChI=1S/C20H31N5O/c1-6-21-19(22-11-16(3)17-9-7-15(2)8-10-17)23-14-20(4,26)18-12-24-25(5)13-18/h7-10,12-13,16,26H,6,11,14H2,1-5H3,(H2,21,22,23). The first kappa shape index (κ1) is 20.0. The van der Waals surface area contributed by atoms with Gasteiger partial charge in [-0.3, -0.25) is 4.68 Å². The Kier molecular flexibility index (Phi) is 6.80. The zero-order valence-corrected chi connectivity index (χ0v) is 16.5. The number of rotatable bonds is 7. The van der Waals surface area contributed by atoms with E-state index in [-0.39, 0.29) is 6.54 Å². The number of benzene rings is 1. The maximum absolute atomic E-state index is 10.7. The Morgan fingerprint density at radius 3 is 2.58 bits per heavy atom. The lowest BCUT2D eigenvalue weighted by Gasteiger charge is -2.21. The minimum absolute atomic E-state index is 0.257. The van der Waals surface area contributed by atoms with Crippen LogP contribution in [0, 0.1) is 6.92 Å². The predicted octanol–water partition coefficient (Wildman–Crippen LogP) is 2.29. The molecule has 1 aromatic carbocycles. The van der Waals surface area contributed by atoms with Crippen molar-refractivity contribution < 1.29 is 5.11 Å². The molecule has 2 unspecified atom stereocenters. The molecule has 2 atom stereocenters. The molecule has 0 amide bonds. The van der Waals surface area contributed by atoms with E-state index in [0.29, 0.717) is 11.9 Å². The number of aliphatic imine (C=N–C) groups is 1. The van der Waals surface area contributed by atoms with Crippen LogP contribution in [0.15, 0.2) is 41.7 Å². The average molecular weight is 358 g/mol. The molecule has 6 heteroatoms. The topological polar surface area (TPSA) is 74.5 Å². The van der Waals surface area contributed by atoms with Crippen LogP contribution in [0.25, 0.3) is 0 Å². The first-order valence-electron chi connectivity index (χ1n) is 9.12. The van der Waals surface area contributed by atoms with E-state index in [0.717, 1.165) is 18.7 Å². The lowest BCUT2D eigenvalue weighted by Crippen LogP contribution is -2.40. The number of hydrogen-bond donors (Lipinski definition) is 3. The molecule has 0 saturated carbocycles. The number of guanidine groups is 1. The van der Waals surface area contributed by atoms with Crippen LogP contribution in [-0.2, 0) is 12.6 Å². The zero-order chi connectivity index (χ0) is 19.2. The number of aryl methyl sites for hydroxylation is 2. The molecule has 1 heterocycles. The van der Waals surface area contributed by atoms with Gasteiger partial charge in [-0.2, -0.15) is 5.10 Å². The second-order valence-corrected chi connectivity index (χ2v) is 7.06. The summed E-state index contributed by atoms with van der Waals surface area (Å²) in [7, 11) is 1.83. The number of aromatic nitrogens is 2. The van der Waals surface area contributed by atoms with E-state index in [1.165, 1.54) is 11.1 Å². The monoisotopic (exact) mass is 357 g/mol. The van der Waals surface area contributed by atoms with Crippen LogP contribution in [0.3, 0.4) is 0 Å². The summed E-state index contributed by atoms with van der Waals surface area (Å²) in [4.78, 5) is 4.56. The van der Waals surface area contributed by atoms with Crippen LogP contribution in [0.2, 0.25) is 0 Å². The fourth-order valence-corrected chi connectivity index (χ4v) is 2.63. The van der Waals surface area contributed by atoms with Gasteiger partial charge in [-0.05, 0) is 32.3 Å². The number of hydrogen-bond acceptors (Lipinski definition) is 3. The minimum Gasteiger partial charge on any atom is -0.383 e. The first-order valence-corrected chi connectivity index (χ1v) is 9.12. The van der Waals surface area contributed by atoms with Crippen molar-refractivity contribution in [1.29, 1.82) is 0 Å². The second kappa shape index (κ2) is 8.85. The molecule has 0 aliphatic carbocycles. The van der Waals surface area contributed by atoms with E-state index in [1.54, 1.807) is 17.8 Å². The Balaban J connectivity index is 1.98. The van der Waals surface area contributed by atoms with Gasteiger partial charge in [0.1, 0.15) is 5.60 Å². The van der Waals surface area contributed by atoms with Gasteiger partial charge in [0.05, 0.1) is 12.7 Å². The minimum atomic E-state index is -1.06. The van der Waals surface area contributed by atoms with Gasteiger partial charge >= 0.3 is 0 Å². The molecule has 0 bridgehead atoms. The fraction of sp³-hybridized carbons (Fsp3) is 0.500. The summed E-state index contributed by atoms with van der Waals surface area (Å²) in [5.41, 5.74) is 2.26. The lowest BCUT2D eigenvalue weighted by atomic mass is 10.00. The van der Waals surface area contributed by atoms with Gasteiger partial charge in [0.2, 0.25) is 0 Å². The molecule has 0 aliphatic heterocycles. The Hall–Kier alpha value is -2.34. The highest BCUT2D eigenvalue weighted by molar-refractivity contribution is 5.79. The highest BCUT2D eigenvalue weighted by Crippen LogP contribution is 2.20. The van der Waals surface area contributed by atoms with Crippen LogP contribution in [0.5, 0.6) is 0 Å². The number of nitrogens with one attached hydrogen (secondary N) is 2. The fourth-order valence-electron chi connectivity index (χ4n) is 2.63. The normalized spacial score (nSPS) is 15.4. The van der Waals surface area contributed by atoms with E-state index < -0.39 is 5.60 Å². The summed E-state index contributed by atoms with van der Waals surface area (Å²) < 4.78 is 1.68. The van der Waals surface area contributed by atoms with Crippen molar-refractivity contribution >= 4 is 5.96 Å². The van der Waals surface area contributed by atoms with Crippen molar-refractivity contribution in [3.05, 3.63) is 53.3 Å². The molecular formula is C20H31N5O. The van der Waals surface area contributed by atoms with E-state index in [2.05, 4.69) is 58.8 Å². The third-order valence-electron chi connectivity index (χ3n) is 4.44. The Bertz CT molecular complexity index is 718. The summed E-state index contributed by atoms with van der Waals surface area (Å²) in [6.45, 7) is 9.85. The molecule has 1 aromatic heterocycles. The smallest absolute Gasteiger partial charge is 0.191 e. The van der Waals surface area contributed by atoms with Crippen LogP contribution in [0.4, 0.5) is 0 Å². The van der Waals surface area contributed by atoms with E-state index >= 15 is 0 Å². The predicted molar refractivity (Wildman–Crippen MR) is 106 cm³/mol. The molecule has 2 rings (SSSR count). The molecular weight excluding hydrogens is 326 g/mol. The van der Waals surface area contributed by atoms with Crippen molar-refractivity contribution in [2.75, 3.05) is 19.6 Å². The summed E-state index contributed by atoms with van der Waals surface area (Å²) in [6.07, 6.45) is 3.49. The van der Waals surface area contributed by atoms with E-state index in [1.807, 2.05) is 20.2 Å². The maximum Gasteiger partial charge on any atom is 0.191 e. The molecule has 0 fully saturated rings. The molecule has 0 saturated heterocycles. The Morgan fingerprint density at radius 1 is 1.31 bits per heavy atom. The number of nitrogens with zero attached hydrogens (tertiary/aromatic N) is 3. The molecule has 0 aliphatic rings. The van der Waals surface area contributed by atoms with Crippen LogP contribution in [-0.4, -0.2) is 40.5 Å². The van der Waals surface area contributed by atoms with Crippen molar-refractivity contribution in [3.8, 4) is 0 Å². The molecule has 3 N–H and O–H groups in total. The molecule has 2 aromatic rings. The third kappa shape index (κ3) is 5.59. The zero-order valence-electron chi connectivity index (χ0n) is 16.5. The van der Waals surface area contributed by atoms with Gasteiger partial charge in [0.15, 0.2) is 5.96 Å². The quantitative estimate of drug-likeness (QED) is 0.525. The van der Waals surface area contributed by atoms with Crippen LogP contribution >= 0.6 is 0 Å². The largest absolute Gasteiger partial charge is 0.383 e. The highest BCUT2D eigenvalue weighted by atomic mass is 16.3. The van der Waals surface area contributed by atoms with Crippen LogP contribution in [0.1, 0.15) is 43.4 Å². The summed E-state index contributed by atoms with van der Waals surface area (Å²) in [6, 6.07) is 8.60. The average Bonchev–Trinajstić information content (AvgIpc) is 3.05. The van der Waals surface area contributed by atoms with Gasteiger partial charge in [-0.15, -0.1) is 0 Å². The third-order valence-corrected chi connectivity index (χ3v) is 4.44. The maximum atomic E-state index is 10.7. The van der Waals surface area contributed by atoms with E-state index in [9.17, 15) is 5.11 Å². The van der Waals surface area contributed by atoms with Gasteiger partial charge in [-0.25, -0.2) is 4.99 Å². The molecule has 142 valence electrons. The van der Waals surface area contributed by atoms with Gasteiger partial charge in [0, 0.05) is 31.9 Å². The van der Waals surface area contributed by atoms with Crippen molar-refractivity contribution in [1.82, 2.24) is 20.4 Å². The van der Waals surface area contributed by atoms with Crippen molar-refractivity contribution in [2.24, 2.45) is 12.0 Å². The molecule has 6 nitrogen and oxygen atoms in total. The summed E-state index contributed by atoms with van der Waals surface area (Å²) >= 11 is 0. The second-order valence-electron chi connectivity index (χ2n) is 7.06. The Morgan fingerprint density at radius 2 is 2.00 bits per heavy atom. The summed E-state index contributed by atoms with van der Waals surface area (Å²) in [5, 5.41) is 21.4. The number of aliphatic hydroxyl groups is 1. The first-order chi connectivity index (χ1) is 12.3. The highest BCUT2D eigenvalue weighted by Gasteiger charge is 2.24. The molecule has 26 heavy (non-hydrogen) atoms. The molecule has 0 spiro atoms. The van der Waals surface area contributed by atoms with Crippen molar-refractivity contribution in [3.63, 3.8) is 0 Å². The molecule has 0 radical (unpaired) electrons. The summed E-state index contributed by atoms with van der Waals surface area (Å²) in [5.74, 6) is 1.06. The van der Waals surface area contributed by atoms with Gasteiger partial charge < -0.3 is 15.7 Å². The van der Waals surface area contributed by atoms with E-state index in [4.69, 9.17) is 0 Å². The lowest BCUT2D eigenvalue weighted by molar-refractivity contribution is 0.0672. The van der Waals surface area contributed by atoms with Gasteiger partial charge in [0.25, 0.3) is 0 Å². The Labute approximate surface area is 156 Å². The SMILES string of the molecule is CCNC(=NCC(C)(O)c1cnn(C)c1)NCC(C)c1ccc(C)cc1. The van der Waals surface area contributed by atoms with Crippen molar-refractivity contribution in [2.45, 2.75) is 39.2 Å². The van der Waals surface area contributed by atoms with Crippen LogP contribution < -0.4 is 10.6 Å². The van der Waals surface area contributed by atoms with Gasteiger partial charge in [-0.1, -0.05) is 36.8 Å².